The van der Waals surface area contributed by atoms with Crippen LogP contribution in [0.25, 0.3) is 0 Å². The fourth-order valence-corrected chi connectivity index (χ4v) is 2.64. The summed E-state index contributed by atoms with van der Waals surface area (Å²) in [4.78, 5) is 34.7. The second kappa shape index (κ2) is 5.49. The number of anilines is 1. The fraction of sp³-hybridized carbons (Fsp3) is 0.231. The first-order valence-corrected chi connectivity index (χ1v) is 6.76. The van der Waals surface area contributed by atoms with Crippen LogP contribution in [0.15, 0.2) is 12.3 Å². The average molecular weight is 307 g/mol. The van der Waals surface area contributed by atoms with Crippen molar-refractivity contribution < 1.29 is 19.5 Å². The van der Waals surface area contributed by atoms with Gasteiger partial charge in [0.05, 0.1) is 5.69 Å². The number of carboxylic acid groups (broad SMARTS) is 1. The lowest BCUT2D eigenvalue weighted by atomic mass is 10.2. The first-order valence-electron chi connectivity index (χ1n) is 5.99. The van der Waals surface area contributed by atoms with Gasteiger partial charge in [-0.05, 0) is 31.4 Å². The van der Waals surface area contributed by atoms with Gasteiger partial charge in [0.15, 0.2) is 5.78 Å². The number of carbonyl (C=O) groups is 3. The summed E-state index contributed by atoms with van der Waals surface area (Å²) in [6.45, 7) is 2.97. The van der Waals surface area contributed by atoms with Crippen molar-refractivity contribution in [3.8, 4) is 0 Å². The van der Waals surface area contributed by atoms with Gasteiger partial charge in [0.25, 0.3) is 5.91 Å². The monoisotopic (exact) mass is 307 g/mol. The topological polar surface area (TPSA) is 101 Å². The highest BCUT2D eigenvalue weighted by Gasteiger charge is 2.21. The Labute approximate surface area is 124 Å². The summed E-state index contributed by atoms with van der Waals surface area (Å²) < 4.78 is 5.44. The van der Waals surface area contributed by atoms with Crippen molar-refractivity contribution in [2.45, 2.75) is 13.8 Å². The number of carboxylic acids is 1. The largest absolute Gasteiger partial charge is 0.478 e. The number of carbonyl (C=O) groups excluding carboxylic acids is 2. The maximum atomic E-state index is 12.2. The smallest absolute Gasteiger partial charge is 0.340 e. The minimum Gasteiger partial charge on any atom is -0.478 e. The quantitative estimate of drug-likeness (QED) is 0.841. The maximum absolute atomic E-state index is 12.2. The average Bonchev–Trinajstić information content (AvgIpc) is 2.93. The van der Waals surface area contributed by atoms with Crippen molar-refractivity contribution in [2.24, 2.45) is 7.05 Å². The van der Waals surface area contributed by atoms with Crippen LogP contribution in [-0.2, 0) is 7.05 Å². The molecule has 0 aliphatic heterocycles. The van der Waals surface area contributed by atoms with E-state index in [1.165, 1.54) is 17.6 Å². The summed E-state index contributed by atoms with van der Waals surface area (Å²) in [5.41, 5.74) is 1.01. The Morgan fingerprint density at radius 2 is 2.05 bits per heavy atom. The molecule has 2 aromatic heterocycles. The standard InChI is InChI=1S/C13H13N3O4S/c1-6-10(13(19)20)12(21-15-6)14-11(18)9-4-8(7(2)17)5-16(9)3/h4-5H,1-3H3,(H,14,18)(H,19,20). The van der Waals surface area contributed by atoms with E-state index in [4.69, 9.17) is 5.11 Å². The van der Waals surface area contributed by atoms with Crippen LogP contribution in [0.1, 0.15) is 43.8 Å². The van der Waals surface area contributed by atoms with E-state index in [-0.39, 0.29) is 22.0 Å². The van der Waals surface area contributed by atoms with Gasteiger partial charge in [-0.1, -0.05) is 0 Å². The molecule has 2 heterocycles. The van der Waals surface area contributed by atoms with Crippen molar-refractivity contribution >= 4 is 34.2 Å². The van der Waals surface area contributed by atoms with Gasteiger partial charge < -0.3 is 15.0 Å². The van der Waals surface area contributed by atoms with Crippen LogP contribution >= 0.6 is 11.5 Å². The summed E-state index contributed by atoms with van der Waals surface area (Å²) in [6.07, 6.45) is 1.55. The molecule has 0 fully saturated rings. The third kappa shape index (κ3) is 2.84. The lowest BCUT2D eigenvalue weighted by Gasteiger charge is -2.04. The summed E-state index contributed by atoms with van der Waals surface area (Å²) in [5, 5.41) is 11.8. The molecule has 110 valence electrons. The first-order chi connectivity index (χ1) is 9.81. The van der Waals surface area contributed by atoms with E-state index in [0.29, 0.717) is 11.3 Å². The summed E-state index contributed by atoms with van der Waals surface area (Å²) in [5.74, 6) is -1.78. The van der Waals surface area contributed by atoms with Crippen LogP contribution in [0.3, 0.4) is 0 Å². The van der Waals surface area contributed by atoms with E-state index in [0.717, 1.165) is 11.5 Å². The van der Waals surface area contributed by atoms with Gasteiger partial charge in [-0.3, -0.25) is 9.59 Å². The SMILES string of the molecule is CC(=O)c1cc(C(=O)Nc2snc(C)c2C(=O)O)n(C)c1. The van der Waals surface area contributed by atoms with Crippen molar-refractivity contribution in [3.63, 3.8) is 0 Å². The van der Waals surface area contributed by atoms with E-state index in [2.05, 4.69) is 9.69 Å². The molecule has 2 rings (SSSR count). The Bertz CT molecular complexity index is 745. The van der Waals surface area contributed by atoms with E-state index < -0.39 is 11.9 Å². The molecule has 1 amide bonds. The Balaban J connectivity index is 2.31. The molecule has 0 spiro atoms. The molecule has 2 N–H and O–H groups in total. The molecule has 0 aliphatic rings. The lowest BCUT2D eigenvalue weighted by molar-refractivity contribution is 0.0697. The second-order valence-corrected chi connectivity index (χ2v) is 5.29. The molecular formula is C13H13N3O4S. The molecule has 0 saturated heterocycles. The van der Waals surface area contributed by atoms with Gasteiger partial charge in [-0.25, -0.2) is 4.79 Å². The predicted molar refractivity (Wildman–Crippen MR) is 77.2 cm³/mol. The van der Waals surface area contributed by atoms with Gasteiger partial charge in [-0.2, -0.15) is 4.37 Å². The number of ketones is 1. The summed E-state index contributed by atoms with van der Waals surface area (Å²) in [7, 11) is 1.64. The zero-order valence-electron chi connectivity index (χ0n) is 11.6. The Morgan fingerprint density at radius 3 is 2.57 bits per heavy atom. The van der Waals surface area contributed by atoms with Crippen LogP contribution in [0, 0.1) is 6.92 Å². The van der Waals surface area contributed by atoms with Crippen LogP contribution in [-0.4, -0.2) is 31.7 Å². The predicted octanol–water partition coefficient (Wildman–Crippen LogP) is 1.94. The van der Waals surface area contributed by atoms with E-state index in [9.17, 15) is 14.4 Å². The summed E-state index contributed by atoms with van der Waals surface area (Å²) >= 11 is 0.907. The van der Waals surface area contributed by atoms with Crippen LogP contribution in [0.2, 0.25) is 0 Å². The number of aromatic nitrogens is 2. The normalized spacial score (nSPS) is 10.4. The molecule has 2 aromatic rings. The van der Waals surface area contributed by atoms with Crippen molar-refractivity contribution in [1.29, 1.82) is 0 Å². The van der Waals surface area contributed by atoms with E-state index in [1.807, 2.05) is 0 Å². The molecule has 0 aliphatic carbocycles. The fourth-order valence-electron chi connectivity index (χ4n) is 1.86. The minimum absolute atomic E-state index is 0.0191. The molecule has 0 saturated carbocycles. The minimum atomic E-state index is -1.15. The van der Waals surface area contributed by atoms with Crippen molar-refractivity contribution in [1.82, 2.24) is 8.94 Å². The molecular weight excluding hydrogens is 294 g/mol. The van der Waals surface area contributed by atoms with Crippen LogP contribution < -0.4 is 5.32 Å². The molecule has 21 heavy (non-hydrogen) atoms. The Kier molecular flexibility index (Phi) is 3.90. The van der Waals surface area contributed by atoms with Gasteiger partial charge in [0.2, 0.25) is 0 Å². The van der Waals surface area contributed by atoms with Crippen molar-refractivity contribution in [3.05, 3.63) is 34.8 Å². The van der Waals surface area contributed by atoms with E-state index >= 15 is 0 Å². The number of nitrogens with zero attached hydrogens (tertiary/aromatic N) is 2. The van der Waals surface area contributed by atoms with Gasteiger partial charge >= 0.3 is 5.97 Å². The Morgan fingerprint density at radius 1 is 1.38 bits per heavy atom. The molecule has 0 unspecified atom stereocenters. The highest BCUT2D eigenvalue weighted by molar-refractivity contribution is 7.11. The molecule has 0 radical (unpaired) electrons. The van der Waals surface area contributed by atoms with Gasteiger partial charge in [0, 0.05) is 18.8 Å². The number of hydrogen-bond donors (Lipinski definition) is 2. The van der Waals surface area contributed by atoms with E-state index in [1.54, 1.807) is 20.2 Å². The number of amides is 1. The molecule has 0 aromatic carbocycles. The van der Waals surface area contributed by atoms with Crippen LogP contribution in [0.5, 0.6) is 0 Å². The number of nitrogens with one attached hydrogen (secondary N) is 1. The molecule has 8 heteroatoms. The highest BCUT2D eigenvalue weighted by Crippen LogP contribution is 2.25. The number of hydrogen-bond acceptors (Lipinski definition) is 5. The third-order valence-electron chi connectivity index (χ3n) is 2.95. The first kappa shape index (κ1) is 14.9. The molecule has 0 bridgehead atoms. The number of aromatic carboxylic acids is 1. The number of Topliss-reactive ketones (excluding diaryl/α,β-unsaturated/α-hetero) is 1. The number of aryl methyl sites for hydroxylation is 2. The number of rotatable bonds is 4. The summed E-state index contributed by atoms with van der Waals surface area (Å²) in [6, 6.07) is 1.46. The third-order valence-corrected chi connectivity index (χ3v) is 3.80. The van der Waals surface area contributed by atoms with Crippen molar-refractivity contribution in [2.75, 3.05) is 5.32 Å². The van der Waals surface area contributed by atoms with Gasteiger partial charge in [0.1, 0.15) is 16.3 Å². The maximum Gasteiger partial charge on any atom is 0.340 e. The van der Waals surface area contributed by atoms with Crippen LogP contribution in [0.4, 0.5) is 5.00 Å². The molecule has 7 nitrogen and oxygen atoms in total. The highest BCUT2D eigenvalue weighted by atomic mass is 32.1. The lowest BCUT2D eigenvalue weighted by Crippen LogP contribution is -2.16. The zero-order chi connectivity index (χ0) is 15.7. The Hall–Kier alpha value is -2.48. The molecule has 0 atom stereocenters. The van der Waals surface area contributed by atoms with Gasteiger partial charge in [-0.15, -0.1) is 0 Å². The zero-order valence-corrected chi connectivity index (χ0v) is 12.4. The second-order valence-electron chi connectivity index (χ2n) is 4.51.